The topological polar surface area (TPSA) is 46.3 Å². The van der Waals surface area contributed by atoms with Gasteiger partial charge in [-0.05, 0) is 12.3 Å². The molecule has 1 saturated carbocycles. The molecule has 18 heavy (non-hydrogen) atoms. The Kier molecular flexibility index (Phi) is 5.91. The Bertz CT molecular complexity index is 263. The van der Waals surface area contributed by atoms with Crippen molar-refractivity contribution in [3.63, 3.8) is 0 Å². The summed E-state index contributed by atoms with van der Waals surface area (Å²) in [6, 6.07) is 0. The van der Waals surface area contributed by atoms with E-state index in [0.717, 1.165) is 17.7 Å². The zero-order valence-corrected chi connectivity index (χ0v) is 10.5. The Morgan fingerprint density at radius 2 is 1.89 bits per heavy atom. The molecule has 1 fully saturated rings. The van der Waals surface area contributed by atoms with E-state index in [1.54, 1.807) is 0 Å². The van der Waals surface area contributed by atoms with Crippen molar-refractivity contribution in [2.24, 2.45) is 11.7 Å². The van der Waals surface area contributed by atoms with Crippen molar-refractivity contribution in [1.29, 1.82) is 0 Å². The predicted molar refractivity (Wildman–Crippen MR) is 62.9 cm³/mol. The molecule has 1 amide bonds. The van der Waals surface area contributed by atoms with Crippen LogP contribution in [0, 0.1) is 5.92 Å². The molecule has 0 saturated heterocycles. The molecule has 2 N–H and O–H groups in total. The molecule has 0 aliphatic heterocycles. The maximum Gasteiger partial charge on any atom is 0.406 e. The lowest BCUT2D eigenvalue weighted by Gasteiger charge is -2.23. The number of hydrogen-bond donors (Lipinski definition) is 1. The van der Waals surface area contributed by atoms with Gasteiger partial charge in [-0.1, -0.05) is 25.7 Å². The van der Waals surface area contributed by atoms with E-state index in [1.807, 2.05) is 0 Å². The van der Waals surface area contributed by atoms with Gasteiger partial charge in [-0.25, -0.2) is 0 Å². The van der Waals surface area contributed by atoms with Gasteiger partial charge < -0.3 is 10.6 Å². The van der Waals surface area contributed by atoms with E-state index in [0.29, 0.717) is 12.3 Å². The van der Waals surface area contributed by atoms with Gasteiger partial charge in [0.05, 0.1) is 0 Å². The van der Waals surface area contributed by atoms with Crippen LogP contribution in [0.3, 0.4) is 0 Å². The zero-order chi connectivity index (χ0) is 13.6. The highest BCUT2D eigenvalue weighted by Crippen LogP contribution is 2.28. The van der Waals surface area contributed by atoms with E-state index in [4.69, 9.17) is 5.73 Å². The molecule has 0 spiro atoms. The van der Waals surface area contributed by atoms with Crippen molar-refractivity contribution in [3.8, 4) is 0 Å². The minimum absolute atomic E-state index is 0.0248. The largest absolute Gasteiger partial charge is 0.406 e. The second kappa shape index (κ2) is 6.97. The summed E-state index contributed by atoms with van der Waals surface area (Å²) in [5, 5.41) is 0. The van der Waals surface area contributed by atoms with Gasteiger partial charge in [0.25, 0.3) is 0 Å². The summed E-state index contributed by atoms with van der Waals surface area (Å²) in [5.74, 6) is 0.0873. The predicted octanol–water partition coefficient (Wildman–Crippen LogP) is 2.31. The first kappa shape index (κ1) is 15.3. The number of carbonyl (C=O) groups is 1. The van der Waals surface area contributed by atoms with Gasteiger partial charge in [-0.15, -0.1) is 0 Å². The van der Waals surface area contributed by atoms with Crippen LogP contribution in [-0.4, -0.2) is 36.6 Å². The molecule has 6 heteroatoms. The molecule has 0 aromatic rings. The van der Waals surface area contributed by atoms with Crippen LogP contribution in [0.5, 0.6) is 0 Å². The van der Waals surface area contributed by atoms with Gasteiger partial charge in [0.15, 0.2) is 0 Å². The van der Waals surface area contributed by atoms with E-state index in [1.165, 1.54) is 12.8 Å². The maximum atomic E-state index is 12.3. The molecule has 106 valence electrons. The molecule has 0 bridgehead atoms. The summed E-state index contributed by atoms with van der Waals surface area (Å²) in [5.41, 5.74) is 5.24. The molecule has 1 aliphatic carbocycles. The molecule has 0 aromatic heterocycles. The summed E-state index contributed by atoms with van der Waals surface area (Å²) in [7, 11) is 0. The van der Waals surface area contributed by atoms with Crippen LogP contribution in [0.1, 0.15) is 38.5 Å². The van der Waals surface area contributed by atoms with Crippen LogP contribution in [0.2, 0.25) is 0 Å². The first-order valence-corrected chi connectivity index (χ1v) is 6.47. The average Bonchev–Trinajstić information content (AvgIpc) is 2.76. The molecule has 0 radical (unpaired) electrons. The summed E-state index contributed by atoms with van der Waals surface area (Å²) >= 11 is 0. The Morgan fingerprint density at radius 1 is 1.28 bits per heavy atom. The Morgan fingerprint density at radius 3 is 2.39 bits per heavy atom. The van der Waals surface area contributed by atoms with Crippen molar-refractivity contribution < 1.29 is 18.0 Å². The number of nitrogens with two attached hydrogens (primary N) is 1. The van der Waals surface area contributed by atoms with Crippen LogP contribution in [0.25, 0.3) is 0 Å². The van der Waals surface area contributed by atoms with Gasteiger partial charge in [0.2, 0.25) is 5.91 Å². The highest BCUT2D eigenvalue weighted by atomic mass is 19.4. The molecular formula is C12H21F3N2O. The van der Waals surface area contributed by atoms with Gasteiger partial charge in [0.1, 0.15) is 6.54 Å². The number of halogens is 3. The summed E-state index contributed by atoms with van der Waals surface area (Å²) < 4.78 is 36.9. The molecule has 0 unspecified atom stereocenters. The average molecular weight is 266 g/mol. The van der Waals surface area contributed by atoms with Crippen molar-refractivity contribution in [2.45, 2.75) is 44.7 Å². The first-order chi connectivity index (χ1) is 8.42. The second-order valence-corrected chi connectivity index (χ2v) is 4.91. The summed E-state index contributed by atoms with van der Waals surface area (Å²) in [6.45, 7) is -1.15. The SMILES string of the molecule is NCCN(CC(F)(F)F)C(=O)CCC1CCCC1. The van der Waals surface area contributed by atoms with Crippen molar-refractivity contribution >= 4 is 5.91 Å². The van der Waals surface area contributed by atoms with E-state index in [-0.39, 0.29) is 19.5 Å². The summed E-state index contributed by atoms with van der Waals surface area (Å²) in [6.07, 6.45) is 1.12. The molecular weight excluding hydrogens is 245 g/mol. The molecule has 0 aromatic carbocycles. The first-order valence-electron chi connectivity index (χ1n) is 6.47. The number of carbonyl (C=O) groups excluding carboxylic acids is 1. The molecule has 0 heterocycles. The Balaban J connectivity index is 2.38. The van der Waals surface area contributed by atoms with E-state index in [9.17, 15) is 18.0 Å². The highest BCUT2D eigenvalue weighted by Gasteiger charge is 2.32. The monoisotopic (exact) mass is 266 g/mol. The lowest BCUT2D eigenvalue weighted by atomic mass is 10.0. The minimum atomic E-state index is -4.35. The van der Waals surface area contributed by atoms with Crippen LogP contribution in [-0.2, 0) is 4.79 Å². The molecule has 1 rings (SSSR count). The number of nitrogens with zero attached hydrogens (tertiary/aromatic N) is 1. The maximum absolute atomic E-state index is 12.3. The van der Waals surface area contributed by atoms with Crippen molar-refractivity contribution in [2.75, 3.05) is 19.6 Å². The van der Waals surface area contributed by atoms with Crippen molar-refractivity contribution in [1.82, 2.24) is 4.90 Å². The third-order valence-electron chi connectivity index (χ3n) is 3.36. The minimum Gasteiger partial charge on any atom is -0.332 e. The number of alkyl halides is 3. The standard InChI is InChI=1S/C12H21F3N2O/c13-12(14,15)9-17(8-7-16)11(18)6-5-10-3-1-2-4-10/h10H,1-9,16H2. The zero-order valence-electron chi connectivity index (χ0n) is 10.5. The molecule has 1 aliphatic rings. The van der Waals surface area contributed by atoms with Crippen LogP contribution in [0.4, 0.5) is 13.2 Å². The quantitative estimate of drug-likeness (QED) is 0.802. The lowest BCUT2D eigenvalue weighted by Crippen LogP contribution is -2.41. The smallest absolute Gasteiger partial charge is 0.332 e. The third-order valence-corrected chi connectivity index (χ3v) is 3.36. The number of rotatable bonds is 6. The molecule has 0 atom stereocenters. The third kappa shape index (κ3) is 5.71. The van der Waals surface area contributed by atoms with Crippen LogP contribution < -0.4 is 5.73 Å². The Labute approximate surface area is 106 Å². The van der Waals surface area contributed by atoms with Crippen LogP contribution in [0.15, 0.2) is 0 Å². The van der Waals surface area contributed by atoms with Gasteiger partial charge in [0, 0.05) is 19.5 Å². The molecule has 3 nitrogen and oxygen atoms in total. The van der Waals surface area contributed by atoms with Crippen LogP contribution >= 0.6 is 0 Å². The van der Waals surface area contributed by atoms with E-state index < -0.39 is 18.6 Å². The lowest BCUT2D eigenvalue weighted by molar-refractivity contribution is -0.161. The number of hydrogen-bond acceptors (Lipinski definition) is 2. The fourth-order valence-corrected chi connectivity index (χ4v) is 2.45. The van der Waals surface area contributed by atoms with Gasteiger partial charge >= 0.3 is 6.18 Å². The fraction of sp³-hybridized carbons (Fsp3) is 0.917. The van der Waals surface area contributed by atoms with E-state index >= 15 is 0 Å². The summed E-state index contributed by atoms with van der Waals surface area (Å²) in [4.78, 5) is 12.6. The van der Waals surface area contributed by atoms with Gasteiger partial charge in [-0.3, -0.25) is 4.79 Å². The Hall–Kier alpha value is -0.780. The second-order valence-electron chi connectivity index (χ2n) is 4.91. The van der Waals surface area contributed by atoms with Gasteiger partial charge in [-0.2, -0.15) is 13.2 Å². The fourth-order valence-electron chi connectivity index (χ4n) is 2.45. The number of amides is 1. The highest BCUT2D eigenvalue weighted by molar-refractivity contribution is 5.76. The van der Waals surface area contributed by atoms with E-state index in [2.05, 4.69) is 0 Å². The normalized spacial score (nSPS) is 17.1. The van der Waals surface area contributed by atoms with Crippen molar-refractivity contribution in [3.05, 3.63) is 0 Å².